The number of hydrogen-bond acceptors (Lipinski definition) is 2. The normalized spacial score (nSPS) is 12.4. The lowest BCUT2D eigenvalue weighted by Crippen LogP contribution is -2.14. The minimum Gasteiger partial charge on any atom is -0.480 e. The van der Waals surface area contributed by atoms with Gasteiger partial charge in [-0.2, -0.15) is 0 Å². The molecule has 1 unspecified atom stereocenters. The van der Waals surface area contributed by atoms with Crippen LogP contribution in [0.25, 0.3) is 0 Å². The van der Waals surface area contributed by atoms with Crippen LogP contribution in [-0.4, -0.2) is 16.3 Å². The highest BCUT2D eigenvalue weighted by Crippen LogP contribution is 2.25. The number of rotatable bonds is 5. The van der Waals surface area contributed by atoms with Gasteiger partial charge < -0.3 is 5.11 Å². The first-order valence-electron chi connectivity index (χ1n) is 5.15. The molecular weight excluding hydrogens is 208 g/mol. The molecule has 1 N–H and O–H groups in total. The highest BCUT2D eigenvalue weighted by Gasteiger charge is 2.15. The zero-order valence-corrected chi connectivity index (χ0v) is 9.88. The highest BCUT2D eigenvalue weighted by atomic mass is 32.2. The maximum absolute atomic E-state index is 10.8. The first-order valence-corrected chi connectivity index (χ1v) is 6.03. The van der Waals surface area contributed by atoms with Crippen molar-refractivity contribution in [3.63, 3.8) is 0 Å². The van der Waals surface area contributed by atoms with E-state index in [-0.39, 0.29) is 5.25 Å². The lowest BCUT2D eigenvalue weighted by molar-refractivity contribution is -0.136. The zero-order chi connectivity index (χ0) is 11.3. The average Bonchev–Trinajstić information content (AvgIpc) is 2.26. The van der Waals surface area contributed by atoms with E-state index in [0.29, 0.717) is 6.42 Å². The van der Waals surface area contributed by atoms with Gasteiger partial charge in [-0.1, -0.05) is 26.0 Å². The van der Waals surface area contributed by atoms with Crippen LogP contribution in [0.1, 0.15) is 25.8 Å². The molecule has 0 radical (unpaired) electrons. The van der Waals surface area contributed by atoms with Gasteiger partial charge >= 0.3 is 5.97 Å². The van der Waals surface area contributed by atoms with Crippen LogP contribution in [0.2, 0.25) is 0 Å². The second kappa shape index (κ2) is 5.81. The molecule has 0 fully saturated rings. The lowest BCUT2D eigenvalue weighted by Gasteiger charge is -2.09. The molecule has 0 aliphatic heterocycles. The van der Waals surface area contributed by atoms with E-state index in [4.69, 9.17) is 5.11 Å². The average molecular weight is 224 g/mol. The Morgan fingerprint density at radius 1 is 1.33 bits per heavy atom. The predicted molar refractivity (Wildman–Crippen MR) is 63.4 cm³/mol. The van der Waals surface area contributed by atoms with Crippen molar-refractivity contribution >= 4 is 17.7 Å². The molecule has 1 atom stereocenters. The van der Waals surface area contributed by atoms with Gasteiger partial charge in [-0.15, -0.1) is 11.8 Å². The maximum atomic E-state index is 10.8. The van der Waals surface area contributed by atoms with Crippen molar-refractivity contribution in [3.8, 4) is 0 Å². The molecule has 2 nitrogen and oxygen atoms in total. The third-order valence-corrected chi connectivity index (χ3v) is 3.62. The molecule has 0 saturated heterocycles. The van der Waals surface area contributed by atoms with Gasteiger partial charge in [0.1, 0.15) is 5.25 Å². The summed E-state index contributed by atoms with van der Waals surface area (Å²) in [5.74, 6) is -0.734. The second-order valence-corrected chi connectivity index (χ2v) is 4.63. The Labute approximate surface area is 94.7 Å². The van der Waals surface area contributed by atoms with Crippen LogP contribution >= 0.6 is 11.8 Å². The van der Waals surface area contributed by atoms with Gasteiger partial charge in [-0.3, -0.25) is 4.79 Å². The van der Waals surface area contributed by atoms with Gasteiger partial charge in [0.2, 0.25) is 0 Å². The number of thioether (sulfide) groups is 1. The van der Waals surface area contributed by atoms with E-state index in [1.54, 1.807) is 0 Å². The molecule has 82 valence electrons. The number of aliphatic carboxylic acids is 1. The summed E-state index contributed by atoms with van der Waals surface area (Å²) in [5.41, 5.74) is 1.28. The van der Waals surface area contributed by atoms with E-state index in [0.717, 1.165) is 11.3 Å². The van der Waals surface area contributed by atoms with Crippen LogP contribution in [-0.2, 0) is 11.2 Å². The predicted octanol–water partition coefficient (Wildman–Crippen LogP) is 3.20. The second-order valence-electron chi connectivity index (χ2n) is 3.35. The Morgan fingerprint density at radius 2 is 1.93 bits per heavy atom. The Bertz CT molecular complexity index is 319. The van der Waals surface area contributed by atoms with Crippen molar-refractivity contribution in [2.45, 2.75) is 36.8 Å². The Kier molecular flexibility index (Phi) is 4.69. The molecule has 0 spiro atoms. The topological polar surface area (TPSA) is 37.3 Å². The van der Waals surface area contributed by atoms with Gasteiger partial charge in [0.15, 0.2) is 0 Å². The fourth-order valence-electron chi connectivity index (χ4n) is 1.28. The summed E-state index contributed by atoms with van der Waals surface area (Å²) in [6, 6.07) is 8.10. The molecule has 0 saturated carbocycles. The van der Waals surface area contributed by atoms with Crippen molar-refractivity contribution in [1.29, 1.82) is 0 Å². The number of carbonyl (C=O) groups is 1. The van der Waals surface area contributed by atoms with Crippen LogP contribution < -0.4 is 0 Å². The summed E-state index contributed by atoms with van der Waals surface area (Å²) in [6.45, 7) is 4.00. The fraction of sp³-hybridized carbons (Fsp3) is 0.417. The van der Waals surface area contributed by atoms with Crippen molar-refractivity contribution < 1.29 is 9.90 Å². The molecule has 0 aromatic heterocycles. The summed E-state index contributed by atoms with van der Waals surface area (Å²) in [4.78, 5) is 11.9. The van der Waals surface area contributed by atoms with Crippen molar-refractivity contribution in [2.24, 2.45) is 0 Å². The smallest absolute Gasteiger partial charge is 0.316 e. The van der Waals surface area contributed by atoms with Gasteiger partial charge in [0, 0.05) is 4.90 Å². The van der Waals surface area contributed by atoms with Gasteiger partial charge in [0.25, 0.3) is 0 Å². The van der Waals surface area contributed by atoms with E-state index >= 15 is 0 Å². The molecule has 0 bridgehead atoms. The molecule has 1 aromatic rings. The van der Waals surface area contributed by atoms with E-state index in [1.807, 2.05) is 19.1 Å². The van der Waals surface area contributed by atoms with Crippen LogP contribution in [0.4, 0.5) is 0 Å². The van der Waals surface area contributed by atoms with Gasteiger partial charge in [-0.25, -0.2) is 0 Å². The minimum absolute atomic E-state index is 0.336. The van der Waals surface area contributed by atoms with Gasteiger partial charge in [0.05, 0.1) is 0 Å². The van der Waals surface area contributed by atoms with Gasteiger partial charge in [-0.05, 0) is 30.5 Å². The molecule has 0 amide bonds. The lowest BCUT2D eigenvalue weighted by atomic mass is 10.2. The minimum atomic E-state index is -0.734. The monoisotopic (exact) mass is 224 g/mol. The standard InChI is InChI=1S/C12H16O2S/c1-3-9-5-7-10(8-6-9)15-11(4-2)12(13)14/h5-8,11H,3-4H2,1-2H3,(H,13,14). The van der Waals surface area contributed by atoms with Crippen LogP contribution in [0.5, 0.6) is 0 Å². The number of carboxylic acids is 1. The van der Waals surface area contributed by atoms with Crippen molar-refractivity contribution in [1.82, 2.24) is 0 Å². The van der Waals surface area contributed by atoms with Crippen LogP contribution in [0.15, 0.2) is 29.2 Å². The summed E-state index contributed by atoms with van der Waals surface area (Å²) >= 11 is 1.42. The number of carboxylic acid groups (broad SMARTS) is 1. The maximum Gasteiger partial charge on any atom is 0.316 e. The largest absolute Gasteiger partial charge is 0.480 e. The number of aryl methyl sites for hydroxylation is 1. The quantitative estimate of drug-likeness (QED) is 0.780. The summed E-state index contributed by atoms with van der Waals surface area (Å²) in [5, 5.41) is 8.58. The summed E-state index contributed by atoms with van der Waals surface area (Å²) in [6.07, 6.45) is 1.66. The molecule has 0 aliphatic carbocycles. The summed E-state index contributed by atoms with van der Waals surface area (Å²) < 4.78 is 0. The molecule has 0 aliphatic rings. The molecule has 15 heavy (non-hydrogen) atoms. The Balaban J connectivity index is 2.67. The third kappa shape index (κ3) is 3.59. The SMILES string of the molecule is CCc1ccc(SC(CC)C(=O)O)cc1. The number of hydrogen-bond donors (Lipinski definition) is 1. The van der Waals surface area contributed by atoms with Crippen molar-refractivity contribution in [2.75, 3.05) is 0 Å². The first kappa shape index (κ1) is 12.1. The first-order chi connectivity index (χ1) is 7.17. The van der Waals surface area contributed by atoms with E-state index in [2.05, 4.69) is 19.1 Å². The number of benzene rings is 1. The zero-order valence-electron chi connectivity index (χ0n) is 9.06. The van der Waals surface area contributed by atoms with E-state index < -0.39 is 5.97 Å². The van der Waals surface area contributed by atoms with Crippen LogP contribution in [0, 0.1) is 0 Å². The highest BCUT2D eigenvalue weighted by molar-refractivity contribution is 8.00. The third-order valence-electron chi connectivity index (χ3n) is 2.26. The molecular formula is C12H16O2S. The molecule has 1 rings (SSSR count). The molecule has 0 heterocycles. The Hall–Kier alpha value is -0.960. The van der Waals surface area contributed by atoms with E-state index in [9.17, 15) is 4.79 Å². The molecule has 3 heteroatoms. The van der Waals surface area contributed by atoms with E-state index in [1.165, 1.54) is 17.3 Å². The fourth-order valence-corrected chi connectivity index (χ4v) is 2.17. The summed E-state index contributed by atoms with van der Waals surface area (Å²) in [7, 11) is 0. The molecule has 1 aromatic carbocycles. The Morgan fingerprint density at radius 3 is 2.33 bits per heavy atom. The van der Waals surface area contributed by atoms with Crippen LogP contribution in [0.3, 0.4) is 0 Å². The van der Waals surface area contributed by atoms with Crippen molar-refractivity contribution in [3.05, 3.63) is 29.8 Å².